The van der Waals surface area contributed by atoms with Crippen molar-refractivity contribution < 1.29 is 9.84 Å². The summed E-state index contributed by atoms with van der Waals surface area (Å²) in [5.41, 5.74) is 8.81. The molecule has 0 amide bonds. The van der Waals surface area contributed by atoms with E-state index >= 15 is 0 Å². The maximum Gasteiger partial charge on any atom is 0.122 e. The Hall–Kier alpha value is -1.06. The van der Waals surface area contributed by atoms with Crippen LogP contribution in [0, 0.1) is 25.7 Å². The van der Waals surface area contributed by atoms with Crippen LogP contribution in [-0.2, 0) is 0 Å². The van der Waals surface area contributed by atoms with Crippen LogP contribution < -0.4 is 10.5 Å². The predicted octanol–water partition coefficient (Wildman–Crippen LogP) is 2.58. The Morgan fingerprint density at radius 1 is 1.22 bits per heavy atom. The van der Waals surface area contributed by atoms with Crippen LogP contribution in [0.2, 0.25) is 0 Å². The van der Waals surface area contributed by atoms with E-state index in [1.807, 2.05) is 26.0 Å². The highest BCUT2D eigenvalue weighted by Crippen LogP contribution is 2.32. The van der Waals surface area contributed by atoms with Gasteiger partial charge in [-0.1, -0.05) is 13.8 Å². The zero-order valence-electron chi connectivity index (χ0n) is 12.0. The number of hydrogen-bond donors (Lipinski definition) is 2. The molecule has 2 atom stereocenters. The van der Waals surface area contributed by atoms with Gasteiger partial charge >= 0.3 is 0 Å². The molecule has 1 aromatic rings. The molecule has 0 spiro atoms. The average Bonchev–Trinajstić information content (AvgIpc) is 2.31. The van der Waals surface area contributed by atoms with Crippen molar-refractivity contribution in [3.05, 3.63) is 28.8 Å². The average molecular weight is 251 g/mol. The van der Waals surface area contributed by atoms with E-state index < -0.39 is 6.10 Å². The molecule has 0 aliphatic rings. The highest BCUT2D eigenvalue weighted by molar-refractivity contribution is 5.42. The molecule has 3 heteroatoms. The van der Waals surface area contributed by atoms with Gasteiger partial charge in [-0.25, -0.2) is 0 Å². The molecule has 3 N–H and O–H groups in total. The minimum Gasteiger partial charge on any atom is -0.496 e. The summed E-state index contributed by atoms with van der Waals surface area (Å²) in [5, 5.41) is 10.5. The number of methoxy groups -OCH3 is 1. The lowest BCUT2D eigenvalue weighted by molar-refractivity contribution is 0.0854. The van der Waals surface area contributed by atoms with Crippen molar-refractivity contribution in [1.29, 1.82) is 0 Å². The molecule has 0 radical (unpaired) electrons. The van der Waals surface area contributed by atoms with Crippen molar-refractivity contribution >= 4 is 0 Å². The Kier molecular flexibility index (Phi) is 5.17. The number of aliphatic hydroxyl groups is 1. The van der Waals surface area contributed by atoms with Crippen LogP contribution in [0.5, 0.6) is 5.75 Å². The van der Waals surface area contributed by atoms with Crippen LogP contribution in [0.1, 0.15) is 36.6 Å². The quantitative estimate of drug-likeness (QED) is 0.845. The Morgan fingerprint density at radius 2 is 1.83 bits per heavy atom. The lowest BCUT2D eigenvalue weighted by atomic mass is 9.84. The van der Waals surface area contributed by atoms with E-state index in [0.717, 1.165) is 22.4 Å². The highest BCUT2D eigenvalue weighted by atomic mass is 16.5. The van der Waals surface area contributed by atoms with Gasteiger partial charge in [-0.15, -0.1) is 0 Å². The Bertz CT molecular complexity index is 402. The Morgan fingerprint density at radius 3 is 2.28 bits per heavy atom. The van der Waals surface area contributed by atoms with Gasteiger partial charge in [-0.3, -0.25) is 0 Å². The molecular weight excluding hydrogens is 226 g/mol. The van der Waals surface area contributed by atoms with Crippen molar-refractivity contribution in [3.8, 4) is 5.75 Å². The van der Waals surface area contributed by atoms with Crippen LogP contribution in [0.4, 0.5) is 0 Å². The third-order valence-electron chi connectivity index (χ3n) is 3.64. The molecule has 0 aliphatic carbocycles. The van der Waals surface area contributed by atoms with Gasteiger partial charge in [-0.05, 0) is 55.1 Å². The Labute approximate surface area is 110 Å². The fourth-order valence-corrected chi connectivity index (χ4v) is 2.35. The van der Waals surface area contributed by atoms with E-state index in [4.69, 9.17) is 10.5 Å². The lowest BCUT2D eigenvalue weighted by Gasteiger charge is -2.27. The first kappa shape index (κ1) is 15.0. The topological polar surface area (TPSA) is 55.5 Å². The van der Waals surface area contributed by atoms with Crippen molar-refractivity contribution in [1.82, 2.24) is 0 Å². The molecule has 0 aromatic heterocycles. The molecule has 2 unspecified atom stereocenters. The summed E-state index contributed by atoms with van der Waals surface area (Å²) < 4.78 is 5.29. The lowest BCUT2D eigenvalue weighted by Crippen LogP contribution is -2.27. The molecule has 0 heterocycles. The summed E-state index contributed by atoms with van der Waals surface area (Å²) in [5.74, 6) is 1.29. The van der Waals surface area contributed by atoms with E-state index in [1.165, 1.54) is 0 Å². The molecule has 3 nitrogen and oxygen atoms in total. The van der Waals surface area contributed by atoms with Crippen molar-refractivity contribution in [2.45, 2.75) is 33.8 Å². The fourth-order valence-electron chi connectivity index (χ4n) is 2.35. The van der Waals surface area contributed by atoms with Gasteiger partial charge in [0.1, 0.15) is 5.75 Å². The van der Waals surface area contributed by atoms with E-state index in [9.17, 15) is 5.11 Å². The van der Waals surface area contributed by atoms with Crippen molar-refractivity contribution in [3.63, 3.8) is 0 Å². The summed E-state index contributed by atoms with van der Waals surface area (Å²) >= 11 is 0. The zero-order chi connectivity index (χ0) is 13.9. The second kappa shape index (κ2) is 6.21. The third-order valence-corrected chi connectivity index (χ3v) is 3.64. The fraction of sp³-hybridized carbons (Fsp3) is 0.600. The smallest absolute Gasteiger partial charge is 0.122 e. The van der Waals surface area contributed by atoms with Gasteiger partial charge in [0, 0.05) is 5.92 Å². The van der Waals surface area contributed by atoms with Gasteiger partial charge in [-0.2, -0.15) is 0 Å². The van der Waals surface area contributed by atoms with Crippen LogP contribution in [0.3, 0.4) is 0 Å². The minimum atomic E-state index is -0.514. The summed E-state index contributed by atoms with van der Waals surface area (Å²) in [4.78, 5) is 0. The molecular formula is C15H25NO2. The van der Waals surface area contributed by atoms with Crippen LogP contribution in [-0.4, -0.2) is 18.8 Å². The molecule has 0 saturated heterocycles. The van der Waals surface area contributed by atoms with Crippen molar-refractivity contribution in [2.24, 2.45) is 17.6 Å². The number of nitrogens with two attached hydrogens (primary N) is 1. The van der Waals surface area contributed by atoms with Gasteiger partial charge in [0.25, 0.3) is 0 Å². The number of hydrogen-bond acceptors (Lipinski definition) is 3. The molecule has 0 saturated carbocycles. The first-order chi connectivity index (χ1) is 8.42. The molecule has 0 fully saturated rings. The van der Waals surface area contributed by atoms with Gasteiger partial charge in [0.05, 0.1) is 13.2 Å². The van der Waals surface area contributed by atoms with Gasteiger partial charge in [0.2, 0.25) is 0 Å². The molecule has 1 aromatic carbocycles. The highest BCUT2D eigenvalue weighted by Gasteiger charge is 2.24. The van der Waals surface area contributed by atoms with Gasteiger partial charge < -0.3 is 15.6 Å². The summed E-state index contributed by atoms with van der Waals surface area (Å²) in [6.07, 6.45) is -0.514. The predicted molar refractivity (Wildman–Crippen MR) is 74.8 cm³/mol. The van der Waals surface area contributed by atoms with Crippen LogP contribution in [0.25, 0.3) is 0 Å². The van der Waals surface area contributed by atoms with E-state index in [2.05, 4.69) is 13.8 Å². The number of aliphatic hydroxyl groups excluding tert-OH is 1. The zero-order valence-corrected chi connectivity index (χ0v) is 12.0. The van der Waals surface area contributed by atoms with Crippen LogP contribution in [0.15, 0.2) is 12.1 Å². The van der Waals surface area contributed by atoms with E-state index in [-0.39, 0.29) is 5.92 Å². The number of aryl methyl sites for hydroxylation is 2. The third kappa shape index (κ3) is 3.03. The standard InChI is InChI=1S/C15H25NO2/c1-9(2)13(8-16)15(17)12-6-11(4)14(18-5)7-10(12)3/h6-7,9,13,15,17H,8,16H2,1-5H3. The summed E-state index contributed by atoms with van der Waals surface area (Å²) in [7, 11) is 1.66. The summed E-state index contributed by atoms with van der Waals surface area (Å²) in [6, 6.07) is 3.98. The number of ether oxygens (including phenoxy) is 1. The first-order valence-corrected chi connectivity index (χ1v) is 6.45. The molecule has 0 aliphatic heterocycles. The van der Waals surface area contributed by atoms with Crippen LogP contribution >= 0.6 is 0 Å². The van der Waals surface area contributed by atoms with E-state index in [1.54, 1.807) is 7.11 Å². The normalized spacial score (nSPS) is 14.7. The largest absolute Gasteiger partial charge is 0.496 e. The first-order valence-electron chi connectivity index (χ1n) is 6.45. The second-order valence-electron chi connectivity index (χ2n) is 5.27. The SMILES string of the molecule is COc1cc(C)c(C(O)C(CN)C(C)C)cc1C. The van der Waals surface area contributed by atoms with E-state index in [0.29, 0.717) is 12.5 Å². The minimum absolute atomic E-state index is 0.0801. The molecule has 1 rings (SSSR count). The second-order valence-corrected chi connectivity index (χ2v) is 5.27. The maximum absolute atomic E-state index is 10.5. The number of rotatable bonds is 5. The summed E-state index contributed by atoms with van der Waals surface area (Å²) in [6.45, 7) is 8.65. The molecule has 0 bridgehead atoms. The Balaban J connectivity index is 3.13. The van der Waals surface area contributed by atoms with Crippen molar-refractivity contribution in [2.75, 3.05) is 13.7 Å². The number of benzene rings is 1. The van der Waals surface area contributed by atoms with Gasteiger partial charge in [0.15, 0.2) is 0 Å². The molecule has 102 valence electrons. The maximum atomic E-state index is 10.5. The monoisotopic (exact) mass is 251 g/mol. The molecule has 18 heavy (non-hydrogen) atoms.